The Morgan fingerprint density at radius 2 is 1.92 bits per heavy atom. The second-order valence-electron chi connectivity index (χ2n) is 5.66. The fraction of sp³-hybridized carbons (Fsp3) is 0.235. The van der Waals surface area contributed by atoms with Crippen molar-refractivity contribution in [1.82, 2.24) is 4.90 Å². The number of ether oxygens (including phenoxy) is 1. The van der Waals surface area contributed by atoms with Crippen molar-refractivity contribution in [3.63, 3.8) is 0 Å². The van der Waals surface area contributed by atoms with Crippen molar-refractivity contribution in [2.24, 2.45) is 4.40 Å². The average molecular weight is 345 g/mol. The summed E-state index contributed by atoms with van der Waals surface area (Å²) in [6.07, 6.45) is 0. The van der Waals surface area contributed by atoms with Crippen LogP contribution in [0.5, 0.6) is 5.75 Å². The summed E-state index contributed by atoms with van der Waals surface area (Å²) in [5.41, 5.74) is 1.65. The van der Waals surface area contributed by atoms with Crippen molar-refractivity contribution in [2.75, 3.05) is 26.0 Å². The van der Waals surface area contributed by atoms with Crippen molar-refractivity contribution in [3.8, 4) is 5.75 Å². The highest BCUT2D eigenvalue weighted by Gasteiger charge is 2.24. The monoisotopic (exact) mass is 345 g/mol. The Bertz CT molecular complexity index is 878. The number of benzene rings is 2. The van der Waals surface area contributed by atoms with Crippen LogP contribution in [0.4, 0.5) is 5.69 Å². The van der Waals surface area contributed by atoms with Gasteiger partial charge in [0.2, 0.25) is 0 Å². The summed E-state index contributed by atoms with van der Waals surface area (Å²) in [5, 5.41) is 3.10. The number of anilines is 1. The quantitative estimate of drug-likeness (QED) is 0.901. The molecule has 0 spiro atoms. The maximum atomic E-state index is 12.2. The largest absolute Gasteiger partial charge is 0.497 e. The van der Waals surface area contributed by atoms with Crippen molar-refractivity contribution in [2.45, 2.75) is 11.4 Å². The minimum Gasteiger partial charge on any atom is -0.497 e. The first-order valence-electron chi connectivity index (χ1n) is 7.49. The van der Waals surface area contributed by atoms with E-state index >= 15 is 0 Å². The van der Waals surface area contributed by atoms with Gasteiger partial charge in [0, 0.05) is 6.54 Å². The van der Waals surface area contributed by atoms with Gasteiger partial charge >= 0.3 is 0 Å². The van der Waals surface area contributed by atoms with Crippen LogP contribution in [0.15, 0.2) is 57.8 Å². The number of sulfonamides is 1. The minimum absolute atomic E-state index is 0.212. The number of nitrogens with zero attached hydrogens (tertiary/aromatic N) is 2. The van der Waals surface area contributed by atoms with E-state index < -0.39 is 10.0 Å². The molecule has 2 aromatic carbocycles. The highest BCUT2D eigenvalue weighted by Crippen LogP contribution is 2.26. The smallest absolute Gasteiger partial charge is 0.286 e. The van der Waals surface area contributed by atoms with E-state index in [1.165, 1.54) is 0 Å². The zero-order valence-electron chi connectivity index (χ0n) is 13.6. The van der Waals surface area contributed by atoms with Gasteiger partial charge in [-0.05, 0) is 36.9 Å². The lowest BCUT2D eigenvalue weighted by Crippen LogP contribution is -2.33. The maximum absolute atomic E-state index is 12.2. The molecule has 0 atom stereocenters. The maximum Gasteiger partial charge on any atom is 0.286 e. The number of amidine groups is 1. The molecule has 6 nitrogen and oxygen atoms in total. The molecule has 1 aliphatic rings. The molecule has 0 fully saturated rings. The Hall–Kier alpha value is -2.38. The van der Waals surface area contributed by atoms with Gasteiger partial charge in [-0.15, -0.1) is 4.40 Å². The molecular weight excluding hydrogens is 326 g/mol. The van der Waals surface area contributed by atoms with Gasteiger partial charge in [0.05, 0.1) is 19.3 Å². The van der Waals surface area contributed by atoms with Crippen LogP contribution in [0.2, 0.25) is 0 Å². The van der Waals surface area contributed by atoms with E-state index in [1.807, 2.05) is 36.2 Å². The molecule has 0 aromatic heterocycles. The lowest BCUT2D eigenvalue weighted by atomic mass is 10.2. The van der Waals surface area contributed by atoms with Crippen LogP contribution in [0, 0.1) is 0 Å². The van der Waals surface area contributed by atoms with Gasteiger partial charge in [-0.2, -0.15) is 8.42 Å². The van der Waals surface area contributed by atoms with Gasteiger partial charge in [-0.25, -0.2) is 0 Å². The molecule has 1 heterocycles. The summed E-state index contributed by atoms with van der Waals surface area (Å²) >= 11 is 0. The van der Waals surface area contributed by atoms with Gasteiger partial charge in [0.25, 0.3) is 10.0 Å². The molecule has 0 saturated heterocycles. The Labute approximate surface area is 141 Å². The minimum atomic E-state index is -3.64. The third kappa shape index (κ3) is 3.58. The molecule has 0 aliphatic carbocycles. The molecule has 0 saturated carbocycles. The molecule has 0 radical (unpaired) electrons. The Balaban J connectivity index is 1.73. The highest BCUT2D eigenvalue weighted by atomic mass is 32.2. The van der Waals surface area contributed by atoms with Gasteiger partial charge in [0.15, 0.2) is 0 Å². The van der Waals surface area contributed by atoms with Gasteiger partial charge in [-0.3, -0.25) is 4.90 Å². The number of fused-ring (bicyclic) bond motifs is 1. The summed E-state index contributed by atoms with van der Waals surface area (Å²) in [6, 6.07) is 14.6. The molecule has 7 heteroatoms. The zero-order chi connectivity index (χ0) is 17.2. The summed E-state index contributed by atoms with van der Waals surface area (Å²) < 4.78 is 33.6. The lowest BCUT2D eigenvalue weighted by Gasteiger charge is -2.22. The fourth-order valence-corrected chi connectivity index (χ4v) is 3.77. The fourth-order valence-electron chi connectivity index (χ4n) is 2.63. The number of para-hydroxylation sites is 1. The van der Waals surface area contributed by atoms with Crippen LogP contribution in [-0.4, -0.2) is 39.9 Å². The third-order valence-electron chi connectivity index (χ3n) is 3.68. The average Bonchev–Trinajstić information content (AvgIpc) is 2.54. The normalized spacial score (nSPS) is 15.4. The predicted molar refractivity (Wildman–Crippen MR) is 94.0 cm³/mol. The molecule has 0 unspecified atom stereocenters. The highest BCUT2D eigenvalue weighted by molar-refractivity contribution is 7.90. The van der Waals surface area contributed by atoms with E-state index in [4.69, 9.17) is 4.74 Å². The van der Waals surface area contributed by atoms with E-state index in [0.29, 0.717) is 24.6 Å². The SMILES string of the molecule is COc1cccc(CN(C)CC2=NS(=O)(=O)c3ccccc3N2)c1. The molecule has 126 valence electrons. The summed E-state index contributed by atoms with van der Waals surface area (Å²) in [5.74, 6) is 1.21. The Morgan fingerprint density at radius 3 is 2.71 bits per heavy atom. The summed E-state index contributed by atoms with van der Waals surface area (Å²) in [6.45, 7) is 1.05. The van der Waals surface area contributed by atoms with E-state index in [2.05, 4.69) is 9.71 Å². The molecule has 3 rings (SSSR count). The van der Waals surface area contributed by atoms with Crippen LogP contribution in [0.1, 0.15) is 5.56 Å². The number of methoxy groups -OCH3 is 1. The van der Waals surface area contributed by atoms with E-state index in [1.54, 1.807) is 31.4 Å². The van der Waals surface area contributed by atoms with E-state index in [9.17, 15) is 8.42 Å². The van der Waals surface area contributed by atoms with Crippen molar-refractivity contribution >= 4 is 21.5 Å². The second kappa shape index (κ2) is 6.62. The Kier molecular flexibility index (Phi) is 4.55. The topological polar surface area (TPSA) is 71.0 Å². The van der Waals surface area contributed by atoms with Crippen LogP contribution >= 0.6 is 0 Å². The molecule has 1 aliphatic heterocycles. The van der Waals surface area contributed by atoms with Crippen LogP contribution in [0.25, 0.3) is 0 Å². The van der Waals surface area contributed by atoms with Gasteiger partial charge in [0.1, 0.15) is 16.5 Å². The van der Waals surface area contributed by atoms with Crippen LogP contribution in [0.3, 0.4) is 0 Å². The van der Waals surface area contributed by atoms with Gasteiger partial charge < -0.3 is 10.1 Å². The number of hydrogen-bond donors (Lipinski definition) is 1. The van der Waals surface area contributed by atoms with Crippen molar-refractivity contribution in [3.05, 3.63) is 54.1 Å². The standard InChI is InChI=1S/C17H19N3O3S/c1-20(11-13-6-5-7-14(10-13)23-2)12-17-18-15-8-3-4-9-16(15)24(21,22)19-17/h3-10H,11-12H2,1-2H3,(H,18,19). The molecule has 2 aromatic rings. The molecule has 0 bridgehead atoms. The first-order chi connectivity index (χ1) is 11.5. The van der Waals surface area contributed by atoms with Crippen molar-refractivity contribution in [1.29, 1.82) is 0 Å². The predicted octanol–water partition coefficient (Wildman–Crippen LogP) is 2.34. The number of hydrogen-bond acceptors (Lipinski definition) is 5. The summed E-state index contributed by atoms with van der Waals surface area (Å²) in [7, 11) is -0.0973. The van der Waals surface area contributed by atoms with Gasteiger partial charge in [-0.1, -0.05) is 24.3 Å². The third-order valence-corrected chi connectivity index (χ3v) is 5.05. The number of likely N-dealkylation sites (N-methyl/N-ethyl adjacent to an activating group) is 1. The number of nitrogens with one attached hydrogen (secondary N) is 1. The molecule has 1 N–H and O–H groups in total. The number of rotatable bonds is 5. The molecular formula is C17H19N3O3S. The van der Waals surface area contributed by atoms with Crippen molar-refractivity contribution < 1.29 is 13.2 Å². The second-order valence-corrected chi connectivity index (χ2v) is 7.23. The van der Waals surface area contributed by atoms with Crippen LogP contribution in [-0.2, 0) is 16.6 Å². The first kappa shape index (κ1) is 16.5. The van der Waals surface area contributed by atoms with Crippen LogP contribution < -0.4 is 10.1 Å². The lowest BCUT2D eigenvalue weighted by molar-refractivity contribution is 0.371. The molecule has 24 heavy (non-hydrogen) atoms. The molecule has 0 amide bonds. The zero-order valence-corrected chi connectivity index (χ0v) is 14.4. The summed E-state index contributed by atoms with van der Waals surface area (Å²) in [4.78, 5) is 2.20. The van der Waals surface area contributed by atoms with E-state index in [0.717, 1.165) is 11.3 Å². The van der Waals surface area contributed by atoms with E-state index in [-0.39, 0.29) is 4.90 Å². The Morgan fingerprint density at radius 1 is 1.12 bits per heavy atom. The first-order valence-corrected chi connectivity index (χ1v) is 8.93.